The van der Waals surface area contributed by atoms with Crippen molar-refractivity contribution in [1.82, 2.24) is 9.99 Å². The standard InChI is InChI=1S/C14H17N3OS/c1-4-12-10(2)19-9-13(12)14(18)16-15-8-11-6-5-7-17(11)3/h5-9H,4H2,1-3H3,(H,16,18)/b15-8+. The molecule has 0 saturated carbocycles. The molecule has 0 fully saturated rings. The van der Waals surface area contributed by atoms with Gasteiger partial charge in [-0.3, -0.25) is 4.79 Å². The van der Waals surface area contributed by atoms with E-state index in [0.29, 0.717) is 0 Å². The topological polar surface area (TPSA) is 46.4 Å². The molecule has 5 heteroatoms. The molecule has 2 heterocycles. The third-order valence-corrected chi connectivity index (χ3v) is 4.00. The number of amides is 1. The molecule has 0 aromatic carbocycles. The van der Waals surface area contributed by atoms with E-state index in [1.807, 2.05) is 42.2 Å². The lowest BCUT2D eigenvalue weighted by atomic mass is 10.1. The van der Waals surface area contributed by atoms with Gasteiger partial charge >= 0.3 is 0 Å². The smallest absolute Gasteiger partial charge is 0.272 e. The Balaban J connectivity index is 2.06. The highest BCUT2D eigenvalue weighted by molar-refractivity contribution is 7.10. The van der Waals surface area contributed by atoms with Gasteiger partial charge in [-0.15, -0.1) is 11.3 Å². The molecule has 0 bridgehead atoms. The number of hydrogen-bond acceptors (Lipinski definition) is 3. The van der Waals surface area contributed by atoms with Crippen LogP contribution >= 0.6 is 11.3 Å². The third kappa shape index (κ3) is 2.93. The van der Waals surface area contributed by atoms with E-state index in [9.17, 15) is 4.79 Å². The van der Waals surface area contributed by atoms with Gasteiger partial charge in [0.05, 0.1) is 17.5 Å². The highest BCUT2D eigenvalue weighted by Gasteiger charge is 2.13. The molecule has 0 radical (unpaired) electrons. The first kappa shape index (κ1) is 13.5. The van der Waals surface area contributed by atoms with E-state index in [4.69, 9.17) is 0 Å². The average molecular weight is 275 g/mol. The Morgan fingerprint density at radius 2 is 2.37 bits per heavy atom. The van der Waals surface area contributed by atoms with Gasteiger partial charge in [-0.1, -0.05) is 6.92 Å². The van der Waals surface area contributed by atoms with Crippen molar-refractivity contribution >= 4 is 23.5 Å². The van der Waals surface area contributed by atoms with Crippen LogP contribution in [0.25, 0.3) is 0 Å². The lowest BCUT2D eigenvalue weighted by Crippen LogP contribution is -2.18. The molecular formula is C14H17N3OS. The van der Waals surface area contributed by atoms with E-state index in [1.165, 1.54) is 4.88 Å². The number of nitrogens with one attached hydrogen (secondary N) is 1. The normalized spacial score (nSPS) is 11.1. The lowest BCUT2D eigenvalue weighted by molar-refractivity contribution is 0.0954. The first-order valence-corrected chi connectivity index (χ1v) is 7.03. The highest BCUT2D eigenvalue weighted by atomic mass is 32.1. The number of aryl methyl sites for hydroxylation is 2. The largest absolute Gasteiger partial charge is 0.350 e. The molecule has 2 rings (SSSR count). The summed E-state index contributed by atoms with van der Waals surface area (Å²) in [6, 6.07) is 3.86. The third-order valence-electron chi connectivity index (χ3n) is 3.05. The van der Waals surface area contributed by atoms with Gasteiger partial charge in [0.2, 0.25) is 0 Å². The van der Waals surface area contributed by atoms with Crippen LogP contribution < -0.4 is 5.43 Å². The van der Waals surface area contributed by atoms with E-state index in [-0.39, 0.29) is 5.91 Å². The van der Waals surface area contributed by atoms with Crippen molar-refractivity contribution < 1.29 is 4.79 Å². The average Bonchev–Trinajstić information content (AvgIpc) is 2.96. The summed E-state index contributed by atoms with van der Waals surface area (Å²) >= 11 is 1.60. The molecule has 2 aromatic rings. The van der Waals surface area contributed by atoms with Crippen molar-refractivity contribution in [2.75, 3.05) is 0 Å². The molecule has 0 aliphatic carbocycles. The fourth-order valence-corrected chi connectivity index (χ4v) is 2.88. The Bertz CT molecular complexity index is 610. The van der Waals surface area contributed by atoms with Crippen LogP contribution in [-0.2, 0) is 13.5 Å². The summed E-state index contributed by atoms with van der Waals surface area (Å²) in [5, 5.41) is 5.89. The van der Waals surface area contributed by atoms with Crippen LogP contribution in [0.15, 0.2) is 28.8 Å². The molecule has 0 spiro atoms. The van der Waals surface area contributed by atoms with Crippen molar-refractivity contribution in [2.45, 2.75) is 20.3 Å². The van der Waals surface area contributed by atoms with E-state index in [0.717, 1.165) is 23.2 Å². The zero-order valence-electron chi connectivity index (χ0n) is 11.3. The van der Waals surface area contributed by atoms with Gasteiger partial charge < -0.3 is 4.57 Å². The fourth-order valence-electron chi connectivity index (χ4n) is 1.93. The molecule has 1 amide bonds. The van der Waals surface area contributed by atoms with Gasteiger partial charge in [0.15, 0.2) is 0 Å². The van der Waals surface area contributed by atoms with Gasteiger partial charge in [0, 0.05) is 23.5 Å². The van der Waals surface area contributed by atoms with Crippen LogP contribution in [-0.4, -0.2) is 16.7 Å². The van der Waals surface area contributed by atoms with Gasteiger partial charge in [0.25, 0.3) is 5.91 Å². The van der Waals surface area contributed by atoms with Crippen LogP contribution in [0.4, 0.5) is 0 Å². The van der Waals surface area contributed by atoms with Gasteiger partial charge in [0.1, 0.15) is 0 Å². The van der Waals surface area contributed by atoms with Crippen molar-refractivity contribution in [2.24, 2.45) is 12.1 Å². The zero-order valence-corrected chi connectivity index (χ0v) is 12.1. The predicted octanol–water partition coefficient (Wildman–Crippen LogP) is 2.72. The molecule has 100 valence electrons. The summed E-state index contributed by atoms with van der Waals surface area (Å²) in [6.45, 7) is 4.09. The highest BCUT2D eigenvalue weighted by Crippen LogP contribution is 2.22. The Morgan fingerprint density at radius 3 is 3.00 bits per heavy atom. The quantitative estimate of drug-likeness (QED) is 0.677. The maximum atomic E-state index is 12.0. The van der Waals surface area contributed by atoms with E-state index >= 15 is 0 Å². The summed E-state index contributed by atoms with van der Waals surface area (Å²) < 4.78 is 1.93. The number of hydrogen-bond donors (Lipinski definition) is 1. The molecule has 0 atom stereocenters. The summed E-state index contributed by atoms with van der Waals surface area (Å²) in [5.74, 6) is -0.147. The van der Waals surface area contributed by atoms with Crippen LogP contribution in [0.1, 0.15) is 33.4 Å². The number of carbonyl (C=O) groups is 1. The molecule has 4 nitrogen and oxygen atoms in total. The maximum Gasteiger partial charge on any atom is 0.272 e. The molecule has 0 aliphatic heterocycles. The number of rotatable bonds is 4. The molecule has 1 N–H and O–H groups in total. The minimum atomic E-state index is -0.147. The van der Waals surface area contributed by atoms with Crippen LogP contribution in [0, 0.1) is 6.92 Å². The summed E-state index contributed by atoms with van der Waals surface area (Å²) in [5.41, 5.74) is 5.36. The first-order valence-electron chi connectivity index (χ1n) is 6.15. The first-order chi connectivity index (χ1) is 9.13. The Labute approximate surface area is 116 Å². The molecule has 0 aliphatic rings. The second-order valence-corrected chi connectivity index (χ2v) is 5.36. The number of hydrazone groups is 1. The number of nitrogens with zero attached hydrogens (tertiary/aromatic N) is 2. The van der Waals surface area contributed by atoms with E-state index < -0.39 is 0 Å². The SMILES string of the molecule is CCc1c(C(=O)N/N=C/c2cccn2C)csc1C. The van der Waals surface area contributed by atoms with E-state index in [1.54, 1.807) is 17.6 Å². The number of aromatic nitrogens is 1. The van der Waals surface area contributed by atoms with Crippen LogP contribution in [0.5, 0.6) is 0 Å². The Kier molecular flexibility index (Phi) is 4.16. The molecule has 2 aromatic heterocycles. The molecule has 0 saturated heterocycles. The van der Waals surface area contributed by atoms with Crippen LogP contribution in [0.2, 0.25) is 0 Å². The Morgan fingerprint density at radius 1 is 1.58 bits per heavy atom. The maximum absolute atomic E-state index is 12.0. The second kappa shape index (κ2) is 5.84. The minimum absolute atomic E-state index is 0.147. The molecular weight excluding hydrogens is 258 g/mol. The van der Waals surface area contributed by atoms with Gasteiger partial charge in [-0.2, -0.15) is 5.10 Å². The summed E-state index contributed by atoms with van der Waals surface area (Å²) in [7, 11) is 1.93. The number of carbonyl (C=O) groups excluding carboxylic acids is 1. The van der Waals surface area contributed by atoms with Crippen molar-refractivity contribution in [3.8, 4) is 0 Å². The summed E-state index contributed by atoms with van der Waals surface area (Å²) in [4.78, 5) is 13.2. The number of thiophene rings is 1. The van der Waals surface area contributed by atoms with Crippen molar-refractivity contribution in [1.29, 1.82) is 0 Å². The molecule has 0 unspecified atom stereocenters. The van der Waals surface area contributed by atoms with Gasteiger partial charge in [-0.05, 0) is 31.0 Å². The zero-order chi connectivity index (χ0) is 13.8. The lowest BCUT2D eigenvalue weighted by Gasteiger charge is -2.01. The Hall–Kier alpha value is -1.88. The fraction of sp³-hybridized carbons (Fsp3) is 0.286. The minimum Gasteiger partial charge on any atom is -0.350 e. The predicted molar refractivity (Wildman–Crippen MR) is 78.9 cm³/mol. The van der Waals surface area contributed by atoms with Crippen molar-refractivity contribution in [3.05, 3.63) is 45.4 Å². The molecule has 19 heavy (non-hydrogen) atoms. The van der Waals surface area contributed by atoms with Crippen molar-refractivity contribution in [3.63, 3.8) is 0 Å². The summed E-state index contributed by atoms with van der Waals surface area (Å²) in [6.07, 6.45) is 4.43. The van der Waals surface area contributed by atoms with Gasteiger partial charge in [-0.25, -0.2) is 5.43 Å². The second-order valence-electron chi connectivity index (χ2n) is 4.28. The van der Waals surface area contributed by atoms with Crippen LogP contribution in [0.3, 0.4) is 0 Å². The van der Waals surface area contributed by atoms with E-state index in [2.05, 4.69) is 17.5 Å². The monoisotopic (exact) mass is 275 g/mol.